The average Bonchev–Trinajstić information content (AvgIpc) is 3.60. The van der Waals surface area contributed by atoms with E-state index in [0.717, 1.165) is 10.9 Å². The van der Waals surface area contributed by atoms with Gasteiger partial charge in [0.25, 0.3) is 12.1 Å². The first-order valence-corrected chi connectivity index (χ1v) is 18.8. The molecule has 2 aliphatic rings. The van der Waals surface area contributed by atoms with Crippen molar-refractivity contribution >= 4 is 62.3 Å². The lowest BCUT2D eigenvalue weighted by molar-refractivity contribution is -0.765. The SMILES string of the molecule is NC(=O)c1ccc[n+]([C@@H]2O[C@H](COP(=O)(O)OP(=O)(O)OC[C@H]3O[C@@H](n4c(Br)nc5c(N)ncnc54)[C@H](OP(=O)(O)O)[C@@H]3O)[C@@H](O)[C@H]2O)c1. The molecule has 5 rings (SSSR count). The number of fused-ring (bicyclic) bond motifs is 1. The second kappa shape index (κ2) is 14.3. The molecule has 3 aromatic heterocycles. The molecule has 270 valence electrons. The molecule has 2 aliphatic heterocycles. The first kappa shape index (κ1) is 37.9. The Labute approximate surface area is 281 Å². The number of phosphoric acid groups is 3. The van der Waals surface area contributed by atoms with Gasteiger partial charge >= 0.3 is 23.5 Å². The number of primary amides is 1. The van der Waals surface area contributed by atoms with E-state index in [1.165, 1.54) is 29.1 Å². The van der Waals surface area contributed by atoms with Crippen LogP contribution in [0.1, 0.15) is 22.8 Å². The number of nitrogen functional groups attached to an aromatic ring is 1. The Morgan fingerprint density at radius 2 is 1.63 bits per heavy atom. The van der Waals surface area contributed by atoms with Crippen molar-refractivity contribution in [2.75, 3.05) is 18.9 Å². The molecule has 11 N–H and O–H groups in total. The van der Waals surface area contributed by atoms with Gasteiger partial charge in [0, 0.05) is 6.07 Å². The molecular weight excluding hydrogens is 795 g/mol. The number of halogens is 1. The van der Waals surface area contributed by atoms with Crippen molar-refractivity contribution in [1.29, 1.82) is 0 Å². The number of aliphatic hydroxyl groups is 3. The number of anilines is 1. The largest absolute Gasteiger partial charge is 0.481 e. The molecule has 0 spiro atoms. The van der Waals surface area contributed by atoms with Gasteiger partial charge in [0.05, 0.1) is 13.2 Å². The number of amides is 1. The smallest absolute Gasteiger partial charge is 0.387 e. The first-order valence-electron chi connectivity index (χ1n) is 13.5. The fourth-order valence-corrected chi connectivity index (χ4v) is 8.07. The molecule has 2 saturated heterocycles. The molecule has 2 unspecified atom stereocenters. The van der Waals surface area contributed by atoms with Crippen molar-refractivity contribution in [2.45, 2.75) is 49.1 Å². The molecule has 0 aromatic carbocycles. The van der Waals surface area contributed by atoms with Crippen molar-refractivity contribution in [3.8, 4) is 0 Å². The van der Waals surface area contributed by atoms with Gasteiger partial charge in [0.15, 0.2) is 46.4 Å². The van der Waals surface area contributed by atoms with Gasteiger partial charge in [-0.2, -0.15) is 8.88 Å². The molecule has 1 amide bonds. The highest BCUT2D eigenvalue weighted by Gasteiger charge is 2.52. The molecule has 49 heavy (non-hydrogen) atoms. The molecule has 0 aliphatic carbocycles. The summed E-state index contributed by atoms with van der Waals surface area (Å²) in [6.45, 7) is -2.05. The van der Waals surface area contributed by atoms with E-state index in [1.54, 1.807) is 0 Å². The highest BCUT2D eigenvalue weighted by molar-refractivity contribution is 9.10. The molecular formula is C21H28BrN7O17P3+. The lowest BCUT2D eigenvalue weighted by Crippen LogP contribution is -2.46. The first-order chi connectivity index (χ1) is 22.8. The third-order valence-electron chi connectivity index (χ3n) is 7.04. The van der Waals surface area contributed by atoms with Crippen LogP contribution in [0.15, 0.2) is 35.6 Å². The minimum atomic E-state index is -5.54. The average molecular weight is 823 g/mol. The minimum absolute atomic E-state index is 0.0278. The van der Waals surface area contributed by atoms with Crippen molar-refractivity contribution < 1.29 is 85.3 Å². The maximum Gasteiger partial charge on any atom is 0.481 e. The number of hydrogen-bond acceptors (Lipinski definition) is 17. The Balaban J connectivity index is 1.23. The van der Waals surface area contributed by atoms with Crippen LogP contribution < -0.4 is 16.0 Å². The van der Waals surface area contributed by atoms with E-state index in [0.29, 0.717) is 0 Å². The van der Waals surface area contributed by atoms with E-state index in [9.17, 15) is 53.4 Å². The van der Waals surface area contributed by atoms with Crippen LogP contribution in [0.4, 0.5) is 5.82 Å². The van der Waals surface area contributed by atoms with Crippen molar-refractivity contribution in [1.82, 2.24) is 19.5 Å². The highest BCUT2D eigenvalue weighted by atomic mass is 79.9. The van der Waals surface area contributed by atoms with E-state index in [4.69, 9.17) is 30.0 Å². The second-order valence-electron chi connectivity index (χ2n) is 10.4. The van der Waals surface area contributed by atoms with Crippen LogP contribution in [0.5, 0.6) is 0 Å². The Bertz CT molecular complexity index is 1870. The molecule has 5 heterocycles. The normalized spacial score (nSPS) is 30.0. The van der Waals surface area contributed by atoms with E-state index in [2.05, 4.69) is 39.7 Å². The number of carbonyl (C=O) groups excluding carboxylic acids is 1. The van der Waals surface area contributed by atoms with E-state index in [-0.39, 0.29) is 27.3 Å². The molecule has 2 fully saturated rings. The standard InChI is InChI=1S/C21H27BrN7O17P3/c22-21-27-11-16(23)25-7-26-18(11)29(21)20-15(45-47(34,35)36)13(31)10(44-20)6-42-49(39,40)46-48(37,38)41-5-9-12(30)14(32)19(43-9)28-3-1-2-8(4-28)17(24)33/h1-4,7,9-10,12-15,19-20,30-32H,5-6H2,(H7-,23,24,25,26,33,34,35,36,37,38,39,40)/p+1/t9-,10-,12-,13-,14-,15-,19-,20-/m1/s1. The maximum absolute atomic E-state index is 12.6. The van der Waals surface area contributed by atoms with Crippen molar-refractivity contribution in [3.05, 3.63) is 41.2 Å². The summed E-state index contributed by atoms with van der Waals surface area (Å²) in [6, 6.07) is 2.79. The molecule has 0 radical (unpaired) electrons. The third-order valence-corrected chi connectivity index (χ3v) is 10.7. The zero-order valence-electron chi connectivity index (χ0n) is 24.2. The van der Waals surface area contributed by atoms with Crippen LogP contribution in [0.25, 0.3) is 11.2 Å². The Hall–Kier alpha value is -2.38. The van der Waals surface area contributed by atoms with E-state index >= 15 is 0 Å². The third kappa shape index (κ3) is 8.57. The van der Waals surface area contributed by atoms with Crippen LogP contribution in [-0.2, 0) is 41.1 Å². The summed E-state index contributed by atoms with van der Waals surface area (Å²) in [5.41, 5.74) is 11.1. The van der Waals surface area contributed by atoms with Gasteiger partial charge < -0.3 is 55.8 Å². The maximum atomic E-state index is 12.6. The van der Waals surface area contributed by atoms with Gasteiger partial charge in [-0.3, -0.25) is 22.9 Å². The number of aliphatic hydroxyl groups excluding tert-OH is 3. The van der Waals surface area contributed by atoms with Crippen LogP contribution in [0.3, 0.4) is 0 Å². The summed E-state index contributed by atoms with van der Waals surface area (Å²) in [6.07, 6.45) is -9.64. The number of rotatable bonds is 13. The second-order valence-corrected chi connectivity index (χ2v) is 15.3. The van der Waals surface area contributed by atoms with Gasteiger partial charge in [-0.1, -0.05) is 0 Å². The van der Waals surface area contributed by atoms with Gasteiger partial charge in [0.2, 0.25) is 0 Å². The minimum Gasteiger partial charge on any atom is -0.387 e. The topological polar surface area (TPSA) is 365 Å². The van der Waals surface area contributed by atoms with Gasteiger partial charge in [-0.15, -0.1) is 0 Å². The summed E-state index contributed by atoms with van der Waals surface area (Å²) in [7, 11) is -16.3. The lowest BCUT2D eigenvalue weighted by atomic mass is 10.1. The lowest BCUT2D eigenvalue weighted by Gasteiger charge is -2.22. The predicted molar refractivity (Wildman–Crippen MR) is 158 cm³/mol. The summed E-state index contributed by atoms with van der Waals surface area (Å²) in [5, 5.41) is 31.6. The summed E-state index contributed by atoms with van der Waals surface area (Å²) in [4.78, 5) is 62.5. The number of aromatic nitrogens is 5. The molecule has 0 bridgehead atoms. The van der Waals surface area contributed by atoms with Crippen LogP contribution in [0.2, 0.25) is 0 Å². The monoisotopic (exact) mass is 822 g/mol. The summed E-state index contributed by atoms with van der Waals surface area (Å²) in [5.74, 6) is -0.872. The number of ether oxygens (including phenoxy) is 2. The van der Waals surface area contributed by atoms with E-state index in [1.807, 2.05) is 0 Å². The number of hydrogen-bond donors (Lipinski definition) is 9. The van der Waals surface area contributed by atoms with Gasteiger partial charge in [0.1, 0.15) is 42.4 Å². The predicted octanol–water partition coefficient (Wildman–Crippen LogP) is -2.14. The molecule has 10 atom stereocenters. The summed E-state index contributed by atoms with van der Waals surface area (Å²) >= 11 is 3.13. The fourth-order valence-electron chi connectivity index (χ4n) is 4.88. The van der Waals surface area contributed by atoms with Gasteiger partial charge in [-0.25, -0.2) is 28.6 Å². The van der Waals surface area contributed by atoms with Gasteiger partial charge in [-0.05, 0) is 22.0 Å². The van der Waals surface area contributed by atoms with Crippen molar-refractivity contribution in [2.24, 2.45) is 5.73 Å². The number of pyridine rings is 1. The number of imidazole rings is 1. The number of carbonyl (C=O) groups is 1. The quantitative estimate of drug-likeness (QED) is 0.0504. The Morgan fingerprint density at radius 3 is 2.24 bits per heavy atom. The zero-order chi connectivity index (χ0) is 36.1. The highest BCUT2D eigenvalue weighted by Crippen LogP contribution is 2.61. The van der Waals surface area contributed by atoms with Crippen LogP contribution in [0, 0.1) is 0 Å². The Morgan fingerprint density at radius 1 is 1.00 bits per heavy atom. The zero-order valence-corrected chi connectivity index (χ0v) is 28.5. The van der Waals surface area contributed by atoms with E-state index < -0.39 is 91.7 Å². The number of phosphoric ester groups is 3. The van der Waals surface area contributed by atoms with Crippen molar-refractivity contribution in [3.63, 3.8) is 0 Å². The van der Waals surface area contributed by atoms with Crippen LogP contribution >= 0.6 is 39.4 Å². The molecule has 0 saturated carbocycles. The molecule has 28 heteroatoms. The number of nitrogens with two attached hydrogens (primary N) is 2. The molecule has 24 nitrogen and oxygen atoms in total. The Kier molecular flexibility index (Phi) is 11.1. The van der Waals surface area contributed by atoms with Crippen LogP contribution in [-0.4, -0.2) is 110 Å². The number of nitrogens with zero attached hydrogens (tertiary/aromatic N) is 5. The molecule has 3 aromatic rings. The fraction of sp³-hybridized carbons (Fsp3) is 0.476. The summed E-state index contributed by atoms with van der Waals surface area (Å²) < 4.78 is 68.6.